The highest BCUT2D eigenvalue weighted by Crippen LogP contribution is 2.18. The molecule has 2 N–H and O–H groups in total. The van der Waals surface area contributed by atoms with Crippen LogP contribution in [0.25, 0.3) is 0 Å². The molecular formula is C23H25N3O4. The van der Waals surface area contributed by atoms with Gasteiger partial charge >= 0.3 is 0 Å². The summed E-state index contributed by atoms with van der Waals surface area (Å²) >= 11 is 0. The first-order valence-electron chi connectivity index (χ1n) is 9.65. The Morgan fingerprint density at radius 2 is 1.53 bits per heavy atom. The standard InChI is InChI=1S/C23H25N3O4/c1-26(2)14-4-16-29-20-12-10-19(11-13-20)24-22(27)17-6-8-18(9-7-17)25-23(28)21-5-3-15-30-21/h3,5-13,15H,4,14,16H2,1-2H3,(H,24,27)(H,25,28). The Labute approximate surface area is 175 Å². The molecule has 0 aliphatic carbocycles. The highest BCUT2D eigenvalue weighted by atomic mass is 16.5. The van der Waals surface area contributed by atoms with Crippen molar-refractivity contribution < 1.29 is 18.7 Å². The SMILES string of the molecule is CN(C)CCCOc1ccc(NC(=O)c2ccc(NC(=O)c3ccco3)cc2)cc1. The molecule has 0 bridgehead atoms. The van der Waals surface area contributed by atoms with Crippen LogP contribution in [-0.2, 0) is 0 Å². The minimum absolute atomic E-state index is 0.224. The number of ether oxygens (including phenoxy) is 1. The number of carbonyl (C=O) groups excluding carboxylic acids is 2. The molecule has 3 aromatic rings. The lowest BCUT2D eigenvalue weighted by molar-refractivity contribution is 0.0995. The van der Waals surface area contributed by atoms with Gasteiger partial charge in [-0.2, -0.15) is 0 Å². The molecule has 0 aliphatic heterocycles. The Kier molecular flexibility index (Phi) is 7.24. The fourth-order valence-electron chi connectivity index (χ4n) is 2.71. The summed E-state index contributed by atoms with van der Waals surface area (Å²) in [5, 5.41) is 5.56. The maximum Gasteiger partial charge on any atom is 0.291 e. The van der Waals surface area contributed by atoms with Crippen LogP contribution in [0.1, 0.15) is 27.3 Å². The molecule has 7 heteroatoms. The van der Waals surface area contributed by atoms with E-state index in [9.17, 15) is 9.59 Å². The van der Waals surface area contributed by atoms with Gasteiger partial charge in [0.15, 0.2) is 5.76 Å². The first-order valence-corrected chi connectivity index (χ1v) is 9.65. The fraction of sp³-hybridized carbons (Fsp3) is 0.217. The molecule has 0 atom stereocenters. The average Bonchev–Trinajstić information content (AvgIpc) is 3.28. The number of furan rings is 1. The number of carbonyl (C=O) groups is 2. The van der Waals surface area contributed by atoms with Crippen molar-refractivity contribution in [3.8, 4) is 5.75 Å². The molecule has 0 saturated carbocycles. The number of amides is 2. The summed E-state index contributed by atoms with van der Waals surface area (Å²) in [6.45, 7) is 1.62. The number of hydrogen-bond donors (Lipinski definition) is 2. The molecule has 1 aromatic heterocycles. The maximum absolute atomic E-state index is 12.4. The predicted octanol–water partition coefficient (Wildman–Crippen LogP) is 4.11. The van der Waals surface area contributed by atoms with E-state index in [0.29, 0.717) is 23.5 Å². The number of nitrogens with one attached hydrogen (secondary N) is 2. The van der Waals surface area contributed by atoms with E-state index >= 15 is 0 Å². The van der Waals surface area contributed by atoms with Crippen LogP contribution in [0.4, 0.5) is 11.4 Å². The highest BCUT2D eigenvalue weighted by molar-refractivity contribution is 6.05. The lowest BCUT2D eigenvalue weighted by Crippen LogP contribution is -2.15. The second kappa shape index (κ2) is 10.3. The second-order valence-corrected chi connectivity index (χ2v) is 6.99. The highest BCUT2D eigenvalue weighted by Gasteiger charge is 2.10. The number of nitrogens with zero attached hydrogens (tertiary/aromatic N) is 1. The van der Waals surface area contributed by atoms with Crippen LogP contribution < -0.4 is 15.4 Å². The van der Waals surface area contributed by atoms with Crippen molar-refractivity contribution in [2.75, 3.05) is 37.9 Å². The van der Waals surface area contributed by atoms with Crippen LogP contribution in [0.5, 0.6) is 5.75 Å². The van der Waals surface area contributed by atoms with E-state index in [1.54, 1.807) is 48.5 Å². The average molecular weight is 407 g/mol. The zero-order valence-corrected chi connectivity index (χ0v) is 17.1. The number of anilines is 2. The van der Waals surface area contributed by atoms with Crippen LogP contribution in [0.2, 0.25) is 0 Å². The largest absolute Gasteiger partial charge is 0.494 e. The van der Waals surface area contributed by atoms with Crippen LogP contribution in [0.15, 0.2) is 71.3 Å². The molecule has 2 aromatic carbocycles. The van der Waals surface area contributed by atoms with Gasteiger partial charge in [0.1, 0.15) is 5.75 Å². The first-order chi connectivity index (χ1) is 14.5. The number of benzene rings is 2. The molecule has 0 saturated heterocycles. The minimum Gasteiger partial charge on any atom is -0.494 e. The Bertz CT molecular complexity index is 949. The maximum atomic E-state index is 12.4. The van der Waals surface area contributed by atoms with E-state index in [0.717, 1.165) is 18.7 Å². The van der Waals surface area contributed by atoms with E-state index in [4.69, 9.17) is 9.15 Å². The smallest absolute Gasteiger partial charge is 0.291 e. The second-order valence-electron chi connectivity index (χ2n) is 6.99. The lowest BCUT2D eigenvalue weighted by atomic mass is 10.2. The van der Waals surface area contributed by atoms with Crippen LogP contribution in [-0.4, -0.2) is 44.0 Å². The van der Waals surface area contributed by atoms with Crippen molar-refractivity contribution in [2.24, 2.45) is 0 Å². The molecule has 2 amide bonds. The van der Waals surface area contributed by atoms with E-state index in [-0.39, 0.29) is 17.6 Å². The summed E-state index contributed by atoms with van der Waals surface area (Å²) in [4.78, 5) is 26.5. The third-order valence-electron chi connectivity index (χ3n) is 4.28. The van der Waals surface area contributed by atoms with E-state index < -0.39 is 0 Å². The van der Waals surface area contributed by atoms with Crippen molar-refractivity contribution in [3.05, 3.63) is 78.3 Å². The zero-order valence-electron chi connectivity index (χ0n) is 17.1. The zero-order chi connectivity index (χ0) is 21.3. The molecule has 0 radical (unpaired) electrons. The van der Waals surface area contributed by atoms with Gasteiger partial charge in [-0.25, -0.2) is 0 Å². The summed E-state index contributed by atoms with van der Waals surface area (Å²) in [6, 6.07) is 17.1. The van der Waals surface area contributed by atoms with Gasteiger partial charge in [-0.15, -0.1) is 0 Å². The molecule has 0 aliphatic rings. The molecule has 0 unspecified atom stereocenters. The van der Waals surface area contributed by atoms with Crippen molar-refractivity contribution in [3.63, 3.8) is 0 Å². The molecule has 30 heavy (non-hydrogen) atoms. The summed E-state index contributed by atoms with van der Waals surface area (Å²) in [5.41, 5.74) is 1.73. The Morgan fingerprint density at radius 1 is 0.900 bits per heavy atom. The van der Waals surface area contributed by atoms with E-state index in [1.807, 2.05) is 26.2 Å². The van der Waals surface area contributed by atoms with Crippen LogP contribution in [0, 0.1) is 0 Å². The van der Waals surface area contributed by atoms with Gasteiger partial charge in [0, 0.05) is 23.5 Å². The molecule has 1 heterocycles. The Balaban J connectivity index is 1.50. The van der Waals surface area contributed by atoms with Gasteiger partial charge in [0.2, 0.25) is 0 Å². The molecule has 0 fully saturated rings. The fourth-order valence-corrected chi connectivity index (χ4v) is 2.71. The first kappa shape index (κ1) is 21.1. The lowest BCUT2D eigenvalue weighted by Gasteiger charge is -2.11. The molecule has 0 spiro atoms. The quantitative estimate of drug-likeness (QED) is 0.522. The summed E-state index contributed by atoms with van der Waals surface area (Å²) in [5.74, 6) is 0.408. The van der Waals surface area contributed by atoms with Crippen molar-refractivity contribution >= 4 is 23.2 Å². The van der Waals surface area contributed by atoms with Crippen LogP contribution >= 0.6 is 0 Å². The summed E-state index contributed by atoms with van der Waals surface area (Å²) < 4.78 is 10.7. The van der Waals surface area contributed by atoms with Gasteiger partial charge in [0.05, 0.1) is 12.9 Å². The predicted molar refractivity (Wildman–Crippen MR) is 116 cm³/mol. The van der Waals surface area contributed by atoms with Gasteiger partial charge in [0.25, 0.3) is 11.8 Å². The van der Waals surface area contributed by atoms with Gasteiger partial charge in [-0.05, 0) is 81.2 Å². The van der Waals surface area contributed by atoms with Crippen molar-refractivity contribution in [2.45, 2.75) is 6.42 Å². The summed E-state index contributed by atoms with van der Waals surface area (Å²) in [7, 11) is 4.06. The Morgan fingerprint density at radius 3 is 2.13 bits per heavy atom. The topological polar surface area (TPSA) is 83.8 Å². The Hall–Kier alpha value is -3.58. The third-order valence-corrected chi connectivity index (χ3v) is 4.28. The van der Waals surface area contributed by atoms with Crippen molar-refractivity contribution in [1.82, 2.24) is 4.90 Å². The van der Waals surface area contributed by atoms with Gasteiger partial charge in [-0.3, -0.25) is 9.59 Å². The summed E-state index contributed by atoms with van der Waals surface area (Å²) in [6.07, 6.45) is 2.38. The minimum atomic E-state index is -0.346. The number of hydrogen-bond acceptors (Lipinski definition) is 5. The van der Waals surface area contributed by atoms with Gasteiger partial charge < -0.3 is 24.7 Å². The molecular weight excluding hydrogens is 382 g/mol. The molecule has 7 nitrogen and oxygen atoms in total. The van der Waals surface area contributed by atoms with Crippen LogP contribution in [0.3, 0.4) is 0 Å². The monoisotopic (exact) mass is 407 g/mol. The van der Waals surface area contributed by atoms with E-state index in [2.05, 4.69) is 15.5 Å². The number of rotatable bonds is 9. The third kappa shape index (κ3) is 6.22. The molecule has 156 valence electrons. The van der Waals surface area contributed by atoms with Crippen molar-refractivity contribution in [1.29, 1.82) is 0 Å². The van der Waals surface area contributed by atoms with E-state index in [1.165, 1.54) is 6.26 Å². The normalized spacial score (nSPS) is 10.6. The molecule has 3 rings (SSSR count). The van der Waals surface area contributed by atoms with Gasteiger partial charge in [-0.1, -0.05) is 0 Å².